The fraction of sp³-hybridized carbons (Fsp3) is 0.417. The molecule has 0 saturated heterocycles. The van der Waals surface area contributed by atoms with E-state index in [1.54, 1.807) is 12.1 Å². The summed E-state index contributed by atoms with van der Waals surface area (Å²) in [6.45, 7) is 3.69. The van der Waals surface area contributed by atoms with Crippen LogP contribution in [-0.4, -0.2) is 19.5 Å². The van der Waals surface area contributed by atoms with E-state index in [4.69, 9.17) is 4.74 Å². The molecule has 0 spiro atoms. The van der Waals surface area contributed by atoms with Crippen molar-refractivity contribution >= 4 is 5.78 Å². The Bertz CT molecular complexity index is 341. The molecule has 1 rings (SSSR count). The predicted molar refractivity (Wildman–Crippen MR) is 56.3 cm³/mol. The second kappa shape index (κ2) is 4.53. The highest BCUT2D eigenvalue weighted by atomic mass is 19.1. The third kappa shape index (κ3) is 2.63. The van der Waals surface area contributed by atoms with Gasteiger partial charge in [0.15, 0.2) is 5.78 Å². The Hall–Kier alpha value is -1.22. The Morgan fingerprint density at radius 2 is 1.87 bits per heavy atom. The first-order chi connectivity index (χ1) is 6.98. The Morgan fingerprint density at radius 1 is 1.33 bits per heavy atom. The lowest BCUT2D eigenvalue weighted by Gasteiger charge is -2.23. The van der Waals surface area contributed by atoms with Gasteiger partial charge in [-0.3, -0.25) is 4.79 Å². The number of carbonyl (C=O) groups excluding carboxylic acids is 1. The quantitative estimate of drug-likeness (QED) is 0.762. The van der Waals surface area contributed by atoms with E-state index in [0.717, 1.165) is 5.56 Å². The van der Waals surface area contributed by atoms with Crippen molar-refractivity contribution in [2.45, 2.75) is 19.3 Å². The molecule has 0 saturated carbocycles. The van der Waals surface area contributed by atoms with Crippen LogP contribution in [0.4, 0.5) is 4.39 Å². The molecule has 1 aromatic carbocycles. The van der Waals surface area contributed by atoms with Crippen LogP contribution >= 0.6 is 0 Å². The molecule has 2 nitrogen and oxygen atoms in total. The van der Waals surface area contributed by atoms with Crippen LogP contribution in [0.15, 0.2) is 24.3 Å². The summed E-state index contributed by atoms with van der Waals surface area (Å²) in [5, 5.41) is 0. The lowest BCUT2D eigenvalue weighted by Crippen LogP contribution is -2.32. The maximum atomic E-state index is 12.7. The molecule has 0 fully saturated rings. The van der Waals surface area contributed by atoms with Crippen molar-refractivity contribution in [3.05, 3.63) is 35.6 Å². The first-order valence-corrected chi connectivity index (χ1v) is 4.76. The molecule has 0 aromatic heterocycles. The van der Waals surface area contributed by atoms with Crippen LogP contribution in [0.2, 0.25) is 0 Å². The summed E-state index contributed by atoms with van der Waals surface area (Å²) < 4.78 is 17.5. The molecule has 15 heavy (non-hydrogen) atoms. The normalized spacial score (nSPS) is 11.5. The van der Waals surface area contributed by atoms with Gasteiger partial charge in [0.1, 0.15) is 12.4 Å². The molecule has 1 aromatic rings. The average molecular weight is 210 g/mol. The second-order valence-corrected chi connectivity index (χ2v) is 3.99. The van der Waals surface area contributed by atoms with Gasteiger partial charge in [-0.05, 0) is 31.5 Å². The van der Waals surface area contributed by atoms with Crippen LogP contribution < -0.4 is 0 Å². The number of halogens is 1. The van der Waals surface area contributed by atoms with Gasteiger partial charge in [-0.15, -0.1) is 0 Å². The molecule has 0 radical (unpaired) electrons. The lowest BCUT2D eigenvalue weighted by molar-refractivity contribution is -0.127. The summed E-state index contributed by atoms with van der Waals surface area (Å²) in [5.74, 6) is -0.314. The maximum absolute atomic E-state index is 12.7. The third-order valence-electron chi connectivity index (χ3n) is 2.54. The van der Waals surface area contributed by atoms with E-state index in [9.17, 15) is 9.18 Å². The van der Waals surface area contributed by atoms with E-state index in [1.807, 2.05) is 13.8 Å². The first-order valence-electron chi connectivity index (χ1n) is 4.76. The molecule has 0 aliphatic carbocycles. The number of benzene rings is 1. The van der Waals surface area contributed by atoms with Crippen LogP contribution in [0.25, 0.3) is 0 Å². The summed E-state index contributed by atoms with van der Waals surface area (Å²) >= 11 is 0. The van der Waals surface area contributed by atoms with Gasteiger partial charge in [-0.2, -0.15) is 0 Å². The van der Waals surface area contributed by atoms with Crippen molar-refractivity contribution < 1.29 is 13.9 Å². The fourth-order valence-corrected chi connectivity index (χ4v) is 1.34. The van der Waals surface area contributed by atoms with E-state index in [0.29, 0.717) is 0 Å². The molecule has 0 unspecified atom stereocenters. The largest absolute Gasteiger partial charge is 0.377 e. The highest BCUT2D eigenvalue weighted by Crippen LogP contribution is 2.24. The van der Waals surface area contributed by atoms with Crippen molar-refractivity contribution in [3.63, 3.8) is 0 Å². The number of methoxy groups -OCH3 is 1. The Kier molecular flexibility index (Phi) is 3.58. The molecule has 0 aliphatic rings. The van der Waals surface area contributed by atoms with Gasteiger partial charge in [0, 0.05) is 7.11 Å². The summed E-state index contributed by atoms with van der Waals surface area (Å²) in [4.78, 5) is 11.7. The van der Waals surface area contributed by atoms with Gasteiger partial charge in [0.2, 0.25) is 0 Å². The number of ether oxygens (including phenoxy) is 1. The number of hydrogen-bond acceptors (Lipinski definition) is 2. The molecule has 0 heterocycles. The lowest BCUT2D eigenvalue weighted by atomic mass is 9.81. The standard InChI is InChI=1S/C12H15FO2/c1-12(2,11(14)8-15-3)9-4-6-10(13)7-5-9/h4-7H,8H2,1-3H3. The van der Waals surface area contributed by atoms with E-state index in [1.165, 1.54) is 19.2 Å². The van der Waals surface area contributed by atoms with Gasteiger partial charge < -0.3 is 4.74 Å². The zero-order chi connectivity index (χ0) is 11.5. The molecule has 82 valence electrons. The molecular formula is C12H15FO2. The number of ketones is 1. The van der Waals surface area contributed by atoms with Gasteiger partial charge >= 0.3 is 0 Å². The molecule has 3 heteroatoms. The van der Waals surface area contributed by atoms with Crippen molar-refractivity contribution in [2.24, 2.45) is 0 Å². The zero-order valence-corrected chi connectivity index (χ0v) is 9.21. The van der Waals surface area contributed by atoms with Crippen molar-refractivity contribution in [1.29, 1.82) is 0 Å². The van der Waals surface area contributed by atoms with Crippen molar-refractivity contribution in [1.82, 2.24) is 0 Å². The fourth-order valence-electron chi connectivity index (χ4n) is 1.34. The van der Waals surface area contributed by atoms with Crippen molar-refractivity contribution in [2.75, 3.05) is 13.7 Å². The minimum atomic E-state index is -0.635. The van der Waals surface area contributed by atoms with E-state index >= 15 is 0 Å². The minimum Gasteiger partial charge on any atom is -0.377 e. The number of Topliss-reactive ketones (excluding diaryl/α,β-unsaturated/α-hetero) is 1. The Labute approximate surface area is 89.1 Å². The summed E-state index contributed by atoms with van der Waals surface area (Å²) in [6, 6.07) is 5.97. The summed E-state index contributed by atoms with van der Waals surface area (Å²) in [5.41, 5.74) is 0.162. The third-order valence-corrected chi connectivity index (χ3v) is 2.54. The van der Waals surface area contributed by atoms with Gasteiger partial charge in [-0.25, -0.2) is 4.39 Å². The highest BCUT2D eigenvalue weighted by Gasteiger charge is 2.29. The summed E-state index contributed by atoms with van der Waals surface area (Å²) in [6.07, 6.45) is 0. The highest BCUT2D eigenvalue weighted by molar-refractivity contribution is 5.90. The van der Waals surface area contributed by atoms with Gasteiger partial charge in [0.25, 0.3) is 0 Å². The molecule has 0 aliphatic heterocycles. The second-order valence-electron chi connectivity index (χ2n) is 3.99. The zero-order valence-electron chi connectivity index (χ0n) is 9.21. The number of hydrogen-bond donors (Lipinski definition) is 0. The summed E-state index contributed by atoms with van der Waals surface area (Å²) in [7, 11) is 1.48. The SMILES string of the molecule is COCC(=O)C(C)(C)c1ccc(F)cc1. The van der Waals surface area contributed by atoms with Crippen LogP contribution in [0, 0.1) is 5.82 Å². The van der Waals surface area contributed by atoms with Crippen molar-refractivity contribution in [3.8, 4) is 0 Å². The molecule has 0 atom stereocenters. The van der Waals surface area contributed by atoms with Gasteiger partial charge in [-0.1, -0.05) is 12.1 Å². The smallest absolute Gasteiger partial charge is 0.168 e. The topological polar surface area (TPSA) is 26.3 Å². The van der Waals surface area contributed by atoms with Crippen LogP contribution in [-0.2, 0) is 14.9 Å². The molecular weight excluding hydrogens is 195 g/mol. The van der Waals surface area contributed by atoms with E-state index < -0.39 is 5.41 Å². The minimum absolute atomic E-state index is 0.0170. The molecule has 0 amide bonds. The van der Waals surface area contributed by atoms with E-state index in [2.05, 4.69) is 0 Å². The molecule has 0 bridgehead atoms. The number of carbonyl (C=O) groups is 1. The average Bonchev–Trinajstić information content (AvgIpc) is 2.18. The van der Waals surface area contributed by atoms with Crippen LogP contribution in [0.5, 0.6) is 0 Å². The molecule has 0 N–H and O–H groups in total. The first kappa shape index (κ1) is 11.9. The van der Waals surface area contributed by atoms with Crippen LogP contribution in [0.3, 0.4) is 0 Å². The number of rotatable bonds is 4. The predicted octanol–water partition coefficient (Wildman–Crippen LogP) is 2.32. The van der Waals surface area contributed by atoms with Crippen LogP contribution in [0.1, 0.15) is 19.4 Å². The Morgan fingerprint density at radius 3 is 2.33 bits per heavy atom. The monoisotopic (exact) mass is 210 g/mol. The maximum Gasteiger partial charge on any atom is 0.168 e. The van der Waals surface area contributed by atoms with Gasteiger partial charge in [0.05, 0.1) is 5.41 Å². The Balaban J connectivity index is 2.94. The van der Waals surface area contributed by atoms with E-state index in [-0.39, 0.29) is 18.2 Å².